The molecule has 0 spiro atoms. The van der Waals surface area contributed by atoms with Gasteiger partial charge in [-0.25, -0.2) is 4.39 Å². The second kappa shape index (κ2) is 10.3. The highest BCUT2D eigenvalue weighted by Gasteiger charge is 2.22. The number of anilines is 1. The topological polar surface area (TPSA) is 108 Å². The fourth-order valence-electron chi connectivity index (χ4n) is 3.71. The molecule has 4 aromatic rings. The first-order valence-electron chi connectivity index (χ1n) is 11.2. The molecule has 1 amide bonds. The highest BCUT2D eigenvalue weighted by atomic mass is 32.1. The molecule has 3 aromatic heterocycles. The van der Waals surface area contributed by atoms with Gasteiger partial charge >= 0.3 is 0 Å². The molecule has 0 bridgehead atoms. The van der Waals surface area contributed by atoms with Crippen LogP contribution in [0.4, 0.5) is 9.52 Å². The molecule has 0 aliphatic carbocycles. The van der Waals surface area contributed by atoms with Gasteiger partial charge < -0.3 is 14.2 Å². The summed E-state index contributed by atoms with van der Waals surface area (Å²) in [5.41, 5.74) is 3.11. The molecule has 0 saturated carbocycles. The number of hydrogen-bond acceptors (Lipinski definition) is 9. The number of hydrogen-bond donors (Lipinski definition) is 1. The lowest BCUT2D eigenvalue weighted by atomic mass is 9.98. The van der Waals surface area contributed by atoms with Crippen molar-refractivity contribution in [2.24, 2.45) is 0 Å². The summed E-state index contributed by atoms with van der Waals surface area (Å²) in [6.45, 7) is 2.74. The van der Waals surface area contributed by atoms with Gasteiger partial charge in [-0.2, -0.15) is 0 Å². The molecule has 1 aliphatic heterocycles. The number of nitrogens with one attached hydrogen (secondary N) is 1. The smallest absolute Gasteiger partial charge is 0.296 e. The third kappa shape index (κ3) is 5.02. The minimum atomic E-state index is -0.513. The van der Waals surface area contributed by atoms with E-state index in [4.69, 9.17) is 14.2 Å². The van der Waals surface area contributed by atoms with Crippen molar-refractivity contribution < 1.29 is 23.4 Å². The van der Waals surface area contributed by atoms with Crippen molar-refractivity contribution in [3.63, 3.8) is 0 Å². The molecule has 1 atom stereocenters. The summed E-state index contributed by atoms with van der Waals surface area (Å²) in [4.78, 5) is 21.7. The van der Waals surface area contributed by atoms with Crippen LogP contribution in [-0.4, -0.2) is 39.8 Å². The summed E-state index contributed by atoms with van der Waals surface area (Å²) in [6, 6.07) is 9.98. The summed E-state index contributed by atoms with van der Waals surface area (Å²) >= 11 is 1.07. The van der Waals surface area contributed by atoms with Crippen molar-refractivity contribution >= 4 is 22.4 Å². The molecule has 11 heteroatoms. The minimum Gasteiger partial charge on any atom is -0.496 e. The third-order valence-electron chi connectivity index (χ3n) is 5.64. The molecule has 184 valence electrons. The average molecular weight is 508 g/mol. The van der Waals surface area contributed by atoms with Gasteiger partial charge in [0, 0.05) is 30.1 Å². The molecule has 36 heavy (non-hydrogen) atoms. The van der Waals surface area contributed by atoms with Crippen molar-refractivity contribution in [1.29, 1.82) is 0 Å². The Morgan fingerprint density at radius 1 is 1.22 bits per heavy atom. The molecule has 4 heterocycles. The molecule has 0 radical (unpaired) electrons. The van der Waals surface area contributed by atoms with E-state index >= 15 is 0 Å². The first-order valence-corrected chi connectivity index (χ1v) is 12.0. The van der Waals surface area contributed by atoms with Crippen LogP contribution in [0, 0.1) is 12.7 Å². The first-order chi connectivity index (χ1) is 17.5. The number of methoxy groups -OCH3 is 1. The van der Waals surface area contributed by atoms with E-state index in [1.54, 1.807) is 31.3 Å². The van der Waals surface area contributed by atoms with Crippen LogP contribution < -0.4 is 14.8 Å². The van der Waals surface area contributed by atoms with Gasteiger partial charge in [-0.15, -0.1) is 5.10 Å². The maximum atomic E-state index is 14.8. The number of carbonyl (C=O) groups excluding carboxylic acids is 1. The van der Waals surface area contributed by atoms with Crippen LogP contribution in [-0.2, 0) is 11.3 Å². The average Bonchev–Trinajstić information content (AvgIpc) is 3.29. The second-order valence-electron chi connectivity index (χ2n) is 8.04. The van der Waals surface area contributed by atoms with Crippen molar-refractivity contribution in [2.75, 3.05) is 19.0 Å². The largest absolute Gasteiger partial charge is 0.496 e. The van der Waals surface area contributed by atoms with Crippen molar-refractivity contribution in [3.05, 3.63) is 77.1 Å². The second-order valence-corrected chi connectivity index (χ2v) is 8.98. The van der Waals surface area contributed by atoms with Gasteiger partial charge in [0.1, 0.15) is 18.2 Å². The highest BCUT2D eigenvalue weighted by molar-refractivity contribution is 7.17. The van der Waals surface area contributed by atoms with E-state index in [0.717, 1.165) is 35.6 Å². The Morgan fingerprint density at radius 3 is 2.81 bits per heavy atom. The van der Waals surface area contributed by atoms with Gasteiger partial charge in [0.05, 0.1) is 36.6 Å². The van der Waals surface area contributed by atoms with Gasteiger partial charge in [-0.3, -0.25) is 20.1 Å². The Bertz CT molecular complexity index is 1390. The van der Waals surface area contributed by atoms with Crippen LogP contribution in [0.3, 0.4) is 0 Å². The van der Waals surface area contributed by atoms with Crippen LogP contribution in [0.5, 0.6) is 10.9 Å². The number of rotatable bonds is 8. The van der Waals surface area contributed by atoms with Gasteiger partial charge in [0.25, 0.3) is 11.1 Å². The van der Waals surface area contributed by atoms with E-state index in [1.165, 1.54) is 19.4 Å². The number of aryl methyl sites for hydroxylation is 1. The highest BCUT2D eigenvalue weighted by Crippen LogP contribution is 2.35. The zero-order valence-electron chi connectivity index (χ0n) is 19.5. The van der Waals surface area contributed by atoms with Crippen molar-refractivity contribution in [1.82, 2.24) is 20.2 Å². The lowest BCUT2D eigenvalue weighted by Gasteiger charge is -2.26. The quantitative estimate of drug-likeness (QED) is 0.364. The van der Waals surface area contributed by atoms with E-state index in [-0.39, 0.29) is 34.2 Å². The number of nitrogens with zero attached hydrogens (tertiary/aromatic N) is 4. The SMILES string of the molecule is COc1cccc(F)c1-c1cc(C)ncc1C(=O)Nc1nnc(OCc2ccc(C3CCO3)cn2)s1. The molecule has 9 nitrogen and oxygen atoms in total. The van der Waals surface area contributed by atoms with Gasteiger partial charge in [0.2, 0.25) is 5.13 Å². The number of halogens is 1. The summed E-state index contributed by atoms with van der Waals surface area (Å²) in [7, 11) is 1.45. The fourth-order valence-corrected chi connectivity index (χ4v) is 4.30. The number of ether oxygens (including phenoxy) is 3. The molecule has 1 unspecified atom stereocenters. The van der Waals surface area contributed by atoms with E-state index in [0.29, 0.717) is 17.0 Å². The fraction of sp³-hybridized carbons (Fsp3) is 0.240. The van der Waals surface area contributed by atoms with Crippen LogP contribution >= 0.6 is 11.3 Å². The number of carbonyl (C=O) groups is 1. The normalized spacial score (nSPS) is 14.7. The van der Waals surface area contributed by atoms with Crippen molar-refractivity contribution in [2.45, 2.75) is 26.1 Å². The summed E-state index contributed by atoms with van der Waals surface area (Å²) in [5.74, 6) is -0.716. The molecule has 1 fully saturated rings. The monoisotopic (exact) mass is 507 g/mol. The molecular formula is C25H22FN5O4S. The summed E-state index contributed by atoms with van der Waals surface area (Å²) in [6.07, 6.45) is 4.32. The third-order valence-corrected chi connectivity index (χ3v) is 6.39. The number of benzene rings is 1. The zero-order chi connectivity index (χ0) is 25.1. The van der Waals surface area contributed by atoms with E-state index in [1.807, 2.05) is 12.1 Å². The van der Waals surface area contributed by atoms with E-state index in [2.05, 4.69) is 25.5 Å². The molecule has 1 aromatic carbocycles. The van der Waals surface area contributed by atoms with Crippen LogP contribution in [0.25, 0.3) is 11.1 Å². The standard InChI is InChI=1S/C25H22FN5O4S/c1-14-10-17(22-19(26)4-3-5-21(22)33-2)18(12-27-14)23(32)29-24-30-31-25(36-24)35-13-16-7-6-15(11-28-16)20-8-9-34-20/h3-7,10-12,20H,8-9,13H2,1-2H3,(H,29,30,32). The van der Waals surface area contributed by atoms with E-state index < -0.39 is 11.7 Å². The predicted molar refractivity (Wildman–Crippen MR) is 131 cm³/mol. The molecule has 1 N–H and O–H groups in total. The van der Waals surface area contributed by atoms with Crippen LogP contribution in [0.1, 0.15) is 39.8 Å². The van der Waals surface area contributed by atoms with Crippen molar-refractivity contribution in [3.8, 4) is 22.1 Å². The Balaban J connectivity index is 1.28. The van der Waals surface area contributed by atoms with E-state index in [9.17, 15) is 9.18 Å². The molecule has 1 aliphatic rings. The number of amides is 1. The van der Waals surface area contributed by atoms with Gasteiger partial charge in [-0.05, 0) is 48.1 Å². The lowest BCUT2D eigenvalue weighted by molar-refractivity contribution is -0.0529. The summed E-state index contributed by atoms with van der Waals surface area (Å²) < 4.78 is 31.2. The van der Waals surface area contributed by atoms with Crippen LogP contribution in [0.15, 0.2) is 48.8 Å². The minimum absolute atomic E-state index is 0.130. The molecule has 5 rings (SSSR count). The number of aromatic nitrogens is 4. The Morgan fingerprint density at radius 2 is 2.08 bits per heavy atom. The molecular weight excluding hydrogens is 485 g/mol. The Hall–Kier alpha value is -3.96. The Labute approximate surface area is 210 Å². The number of pyridine rings is 2. The maximum absolute atomic E-state index is 14.8. The van der Waals surface area contributed by atoms with Crippen LogP contribution in [0.2, 0.25) is 0 Å². The van der Waals surface area contributed by atoms with Gasteiger partial charge in [-0.1, -0.05) is 17.2 Å². The Kier molecular flexibility index (Phi) is 6.83. The zero-order valence-corrected chi connectivity index (χ0v) is 20.3. The first kappa shape index (κ1) is 23.8. The maximum Gasteiger partial charge on any atom is 0.296 e. The predicted octanol–water partition coefficient (Wildman–Crippen LogP) is 4.74. The summed E-state index contributed by atoms with van der Waals surface area (Å²) in [5, 5.41) is 11.1. The van der Waals surface area contributed by atoms with Gasteiger partial charge in [0.15, 0.2) is 0 Å². The molecule has 1 saturated heterocycles. The lowest BCUT2D eigenvalue weighted by Crippen LogP contribution is -2.18.